The summed E-state index contributed by atoms with van der Waals surface area (Å²) >= 11 is -1.01. The van der Waals surface area contributed by atoms with E-state index >= 15 is 0 Å². The Bertz CT molecular complexity index is 1330. The van der Waals surface area contributed by atoms with Crippen molar-refractivity contribution in [2.45, 2.75) is 17.9 Å². The van der Waals surface area contributed by atoms with Crippen LogP contribution in [0.5, 0.6) is 17.2 Å². The summed E-state index contributed by atoms with van der Waals surface area (Å²) in [6.45, 7) is 0.914. The van der Waals surface area contributed by atoms with Crippen molar-refractivity contribution in [3.05, 3.63) is 53.2 Å². The van der Waals surface area contributed by atoms with Gasteiger partial charge >= 0.3 is 0 Å². The van der Waals surface area contributed by atoms with Crippen LogP contribution >= 0.6 is 0 Å². The number of ether oxygens (including phenoxy) is 3. The average Bonchev–Trinajstić information content (AvgIpc) is 3.58. The number of likely N-dealkylation sites (N-methyl/N-ethyl adjacent to an activating group) is 1. The van der Waals surface area contributed by atoms with Gasteiger partial charge in [-0.1, -0.05) is 6.07 Å². The first-order chi connectivity index (χ1) is 17.0. The first-order valence-electron chi connectivity index (χ1n) is 11.3. The van der Waals surface area contributed by atoms with Crippen LogP contribution in [-0.2, 0) is 33.9 Å². The Kier molecular flexibility index (Phi) is 5.42. The molecule has 0 N–H and O–H groups in total. The number of aromatic nitrogens is 2. The molecule has 3 aliphatic rings. The fourth-order valence-corrected chi connectivity index (χ4v) is 5.74. The Morgan fingerprint density at radius 2 is 2.00 bits per heavy atom. The van der Waals surface area contributed by atoms with Crippen LogP contribution in [-0.4, -0.2) is 59.4 Å². The maximum atomic E-state index is 12.5. The van der Waals surface area contributed by atoms with Crippen LogP contribution in [0, 0.1) is 0 Å². The van der Waals surface area contributed by atoms with Gasteiger partial charge in [-0.05, 0) is 47.4 Å². The summed E-state index contributed by atoms with van der Waals surface area (Å²) in [7, 11) is 3.40. The number of nitrogens with zero attached hydrogens (tertiary/aromatic N) is 4. The third kappa shape index (κ3) is 4.02. The molecule has 1 atom stereocenters. The van der Waals surface area contributed by atoms with Gasteiger partial charge in [0.15, 0.2) is 23.9 Å². The first-order valence-corrected chi connectivity index (χ1v) is 12.8. The van der Waals surface area contributed by atoms with Crippen molar-refractivity contribution in [2.24, 2.45) is 0 Å². The third-order valence-corrected chi connectivity index (χ3v) is 7.58. The molecule has 35 heavy (non-hydrogen) atoms. The number of hydrogen-bond donors (Lipinski definition) is 0. The molecule has 9 nitrogen and oxygen atoms in total. The van der Waals surface area contributed by atoms with Crippen molar-refractivity contribution >= 4 is 28.6 Å². The molecule has 1 amide bonds. The second-order valence-corrected chi connectivity index (χ2v) is 10.3. The zero-order valence-electron chi connectivity index (χ0n) is 19.4. The fraction of sp³-hybridized carbons (Fsp3) is 0.320. The number of carbonyl (C=O) groups is 1. The van der Waals surface area contributed by atoms with Gasteiger partial charge in [0.05, 0.1) is 5.56 Å². The Morgan fingerprint density at radius 3 is 2.86 bits per heavy atom. The molecule has 180 valence electrons. The SMILES string of the molecule is CN(C)C(=O)COc1ccc2c(c1)N(c1nc(-c3ccc4c(c3)OCO4)nc3c1C[S+]([O-])C3)CC2. The summed E-state index contributed by atoms with van der Waals surface area (Å²) in [5.74, 6) is 4.07. The van der Waals surface area contributed by atoms with Gasteiger partial charge in [0.2, 0.25) is 6.79 Å². The molecule has 0 bridgehead atoms. The van der Waals surface area contributed by atoms with Gasteiger partial charge in [0.1, 0.15) is 28.8 Å². The Morgan fingerprint density at radius 1 is 1.14 bits per heavy atom. The molecule has 6 rings (SSSR count). The van der Waals surface area contributed by atoms with Crippen LogP contribution in [0.4, 0.5) is 11.5 Å². The van der Waals surface area contributed by atoms with Crippen molar-refractivity contribution in [2.75, 3.05) is 38.9 Å². The van der Waals surface area contributed by atoms with E-state index in [2.05, 4.69) is 4.90 Å². The van der Waals surface area contributed by atoms with Gasteiger partial charge in [0, 0.05) is 38.0 Å². The lowest BCUT2D eigenvalue weighted by Crippen LogP contribution is -2.27. The molecular formula is C25H24N4O5S. The van der Waals surface area contributed by atoms with Gasteiger partial charge in [-0.2, -0.15) is 0 Å². The Hall–Kier alpha value is -3.50. The minimum atomic E-state index is -1.01. The lowest BCUT2D eigenvalue weighted by molar-refractivity contribution is -0.130. The fourth-order valence-electron chi connectivity index (χ4n) is 4.48. The minimum absolute atomic E-state index is 0.0259. The summed E-state index contributed by atoms with van der Waals surface area (Å²) in [5, 5.41) is 0. The average molecular weight is 493 g/mol. The van der Waals surface area contributed by atoms with Gasteiger partial charge in [-0.15, -0.1) is 0 Å². The molecule has 2 aromatic carbocycles. The number of hydrogen-bond acceptors (Lipinski definition) is 8. The number of amides is 1. The molecule has 3 aromatic rings. The van der Waals surface area contributed by atoms with E-state index < -0.39 is 11.2 Å². The van der Waals surface area contributed by atoms with Crippen molar-refractivity contribution in [3.8, 4) is 28.6 Å². The lowest BCUT2D eigenvalue weighted by atomic mass is 10.1. The van der Waals surface area contributed by atoms with Crippen LogP contribution in [0.2, 0.25) is 0 Å². The molecule has 3 aliphatic heterocycles. The predicted octanol–water partition coefficient (Wildman–Crippen LogP) is 2.80. The summed E-state index contributed by atoms with van der Waals surface area (Å²) < 4.78 is 29.2. The van der Waals surface area contributed by atoms with E-state index in [0.717, 1.165) is 41.3 Å². The van der Waals surface area contributed by atoms with Gasteiger partial charge in [-0.25, -0.2) is 9.97 Å². The standard InChI is InChI=1S/C25H24N4O5S/c1-28(2)23(30)11-32-17-5-3-15-7-8-29(20(15)10-17)25-18-12-35(31)13-19(18)26-24(27-25)16-4-6-21-22(9-16)34-14-33-21/h3-6,9-10H,7-8,11-14H2,1-2H3. The molecule has 0 fully saturated rings. The molecule has 0 spiro atoms. The van der Waals surface area contributed by atoms with Gasteiger partial charge in [-0.3, -0.25) is 4.79 Å². The van der Waals surface area contributed by atoms with E-state index in [-0.39, 0.29) is 19.3 Å². The molecule has 0 saturated carbocycles. The van der Waals surface area contributed by atoms with Gasteiger partial charge in [0.25, 0.3) is 5.91 Å². The molecule has 10 heteroatoms. The number of benzene rings is 2. The maximum Gasteiger partial charge on any atom is 0.259 e. The lowest BCUT2D eigenvalue weighted by Gasteiger charge is -2.22. The predicted molar refractivity (Wildman–Crippen MR) is 130 cm³/mol. The molecular weight excluding hydrogens is 468 g/mol. The minimum Gasteiger partial charge on any atom is -0.616 e. The summed E-state index contributed by atoms with van der Waals surface area (Å²) in [6.07, 6.45) is 0.855. The molecule has 1 aromatic heterocycles. The molecule has 0 radical (unpaired) electrons. The highest BCUT2D eigenvalue weighted by atomic mass is 32.2. The number of rotatable bonds is 5. The van der Waals surface area contributed by atoms with Crippen molar-refractivity contribution < 1.29 is 23.6 Å². The highest BCUT2D eigenvalue weighted by molar-refractivity contribution is 7.90. The molecule has 1 unspecified atom stereocenters. The largest absolute Gasteiger partial charge is 0.616 e. The number of fused-ring (bicyclic) bond motifs is 3. The summed E-state index contributed by atoms with van der Waals surface area (Å²) in [5.41, 5.74) is 4.71. The van der Waals surface area contributed by atoms with E-state index in [9.17, 15) is 9.35 Å². The number of anilines is 2. The molecule has 4 heterocycles. The topological polar surface area (TPSA) is 100 Å². The smallest absolute Gasteiger partial charge is 0.259 e. The normalized spacial score (nSPS) is 17.3. The van der Waals surface area contributed by atoms with Crippen LogP contribution in [0.3, 0.4) is 0 Å². The van der Waals surface area contributed by atoms with Crippen LogP contribution in [0.25, 0.3) is 11.4 Å². The Balaban J connectivity index is 1.38. The highest BCUT2D eigenvalue weighted by Crippen LogP contribution is 2.42. The maximum absolute atomic E-state index is 12.5. The highest BCUT2D eigenvalue weighted by Gasteiger charge is 2.34. The van der Waals surface area contributed by atoms with Crippen molar-refractivity contribution in [1.29, 1.82) is 0 Å². The third-order valence-electron chi connectivity index (χ3n) is 6.37. The zero-order chi connectivity index (χ0) is 24.1. The van der Waals surface area contributed by atoms with Crippen LogP contribution in [0.1, 0.15) is 16.8 Å². The zero-order valence-corrected chi connectivity index (χ0v) is 20.3. The van der Waals surface area contributed by atoms with E-state index in [1.807, 2.05) is 36.4 Å². The quantitative estimate of drug-likeness (QED) is 0.502. The van der Waals surface area contributed by atoms with Gasteiger partial charge < -0.3 is 28.6 Å². The van der Waals surface area contributed by atoms with Crippen LogP contribution in [0.15, 0.2) is 36.4 Å². The van der Waals surface area contributed by atoms with E-state index in [4.69, 9.17) is 24.2 Å². The second-order valence-electron chi connectivity index (χ2n) is 8.86. The van der Waals surface area contributed by atoms with Crippen molar-refractivity contribution in [1.82, 2.24) is 14.9 Å². The number of carbonyl (C=O) groups excluding carboxylic acids is 1. The van der Waals surface area contributed by atoms with Crippen LogP contribution < -0.4 is 19.1 Å². The summed E-state index contributed by atoms with van der Waals surface area (Å²) in [6, 6.07) is 11.5. The van der Waals surface area contributed by atoms with E-state index in [1.54, 1.807) is 14.1 Å². The monoisotopic (exact) mass is 492 g/mol. The van der Waals surface area contributed by atoms with Crippen molar-refractivity contribution in [3.63, 3.8) is 0 Å². The second kappa shape index (κ2) is 8.62. The first kappa shape index (κ1) is 22.0. The Labute approximate surface area is 205 Å². The van der Waals surface area contributed by atoms with E-state index in [0.29, 0.717) is 34.6 Å². The van der Waals surface area contributed by atoms with E-state index in [1.165, 1.54) is 10.5 Å². The molecule has 0 aliphatic carbocycles. The summed E-state index contributed by atoms with van der Waals surface area (Å²) in [4.78, 5) is 25.4. The molecule has 0 saturated heterocycles.